The second-order valence-electron chi connectivity index (χ2n) is 7.51. The van der Waals surface area contributed by atoms with E-state index in [1.807, 2.05) is 30.3 Å². The molecule has 7 nitrogen and oxygen atoms in total. The number of para-hydroxylation sites is 1. The zero-order chi connectivity index (χ0) is 21.4. The second-order valence-corrected chi connectivity index (χ2v) is 7.95. The number of halogens is 1. The van der Waals surface area contributed by atoms with Crippen LogP contribution in [-0.2, 0) is 11.3 Å². The first kappa shape index (κ1) is 19.8. The molecule has 0 amide bonds. The van der Waals surface area contributed by atoms with Crippen LogP contribution < -0.4 is 5.56 Å². The zero-order valence-electron chi connectivity index (χ0n) is 16.7. The van der Waals surface area contributed by atoms with Gasteiger partial charge in [0.2, 0.25) is 0 Å². The van der Waals surface area contributed by atoms with Crippen LogP contribution in [0.2, 0.25) is 5.02 Å². The minimum atomic E-state index is -0.265. The highest BCUT2D eigenvalue weighted by Gasteiger charge is 2.22. The number of phenols is 1. The first-order valence-electron chi connectivity index (χ1n) is 10.1. The van der Waals surface area contributed by atoms with Gasteiger partial charge in [0.25, 0.3) is 5.56 Å². The normalized spacial score (nSPS) is 14.9. The number of hydrogen-bond acceptors (Lipinski definition) is 5. The Labute approximate surface area is 183 Å². The summed E-state index contributed by atoms with van der Waals surface area (Å²) in [6.45, 7) is 3.62. The number of phenolic OH excluding ortho intramolecular Hbond substituents is 1. The molecule has 2 aromatic carbocycles. The number of nitrogens with zero attached hydrogens (tertiary/aromatic N) is 3. The maximum absolute atomic E-state index is 12.6. The molecule has 158 valence electrons. The molecule has 8 heteroatoms. The summed E-state index contributed by atoms with van der Waals surface area (Å²) in [4.78, 5) is 17.8. The summed E-state index contributed by atoms with van der Waals surface area (Å²) in [7, 11) is 0. The Morgan fingerprint density at radius 3 is 2.58 bits per heavy atom. The van der Waals surface area contributed by atoms with Crippen molar-refractivity contribution in [3.8, 4) is 28.1 Å². The molecular weight excluding hydrogens is 416 g/mol. The maximum Gasteiger partial charge on any atom is 0.251 e. The highest BCUT2D eigenvalue weighted by molar-refractivity contribution is 6.30. The molecule has 0 spiro atoms. The molecule has 1 saturated heterocycles. The van der Waals surface area contributed by atoms with E-state index in [9.17, 15) is 9.90 Å². The van der Waals surface area contributed by atoms with Crippen molar-refractivity contribution in [2.24, 2.45) is 0 Å². The number of hydrogen-bond donors (Lipinski definition) is 2. The van der Waals surface area contributed by atoms with Crippen molar-refractivity contribution < 1.29 is 9.84 Å². The lowest BCUT2D eigenvalue weighted by atomic mass is 10.0. The van der Waals surface area contributed by atoms with Crippen molar-refractivity contribution in [1.82, 2.24) is 19.5 Å². The van der Waals surface area contributed by atoms with Crippen molar-refractivity contribution in [3.05, 3.63) is 75.7 Å². The van der Waals surface area contributed by atoms with Gasteiger partial charge >= 0.3 is 0 Å². The highest BCUT2D eigenvalue weighted by atomic mass is 35.5. The number of aromatic nitrogens is 3. The number of fused-ring (bicyclic) bond motifs is 1. The van der Waals surface area contributed by atoms with Gasteiger partial charge in [-0.15, -0.1) is 0 Å². The molecule has 4 aromatic rings. The summed E-state index contributed by atoms with van der Waals surface area (Å²) in [5.74, 6) is 0.0904. The third-order valence-electron chi connectivity index (χ3n) is 5.49. The van der Waals surface area contributed by atoms with Gasteiger partial charge in [0.1, 0.15) is 11.4 Å². The van der Waals surface area contributed by atoms with Crippen molar-refractivity contribution in [3.63, 3.8) is 0 Å². The molecule has 1 fully saturated rings. The smallest absolute Gasteiger partial charge is 0.251 e. The standard InChI is InChI=1S/C23H21ClN4O3/c24-16-7-5-15(6-8-16)22-18(14-27-9-11-31-12-10-27)26-28-19(13-21(30)25-23(22)28)17-3-1-2-4-20(17)29/h1-8,13,29H,9-12,14H2,(H,25,30). The second kappa shape index (κ2) is 8.19. The van der Waals surface area contributed by atoms with Crippen LogP contribution in [0.4, 0.5) is 0 Å². The van der Waals surface area contributed by atoms with Crippen LogP contribution in [0, 0.1) is 0 Å². The van der Waals surface area contributed by atoms with E-state index >= 15 is 0 Å². The molecule has 0 unspecified atom stereocenters. The van der Waals surface area contributed by atoms with E-state index in [0.717, 1.165) is 29.9 Å². The maximum atomic E-state index is 12.6. The Morgan fingerprint density at radius 1 is 1.10 bits per heavy atom. The summed E-state index contributed by atoms with van der Waals surface area (Å²) >= 11 is 6.11. The Morgan fingerprint density at radius 2 is 1.84 bits per heavy atom. The topological polar surface area (TPSA) is 82.9 Å². The molecule has 0 atom stereocenters. The van der Waals surface area contributed by atoms with Gasteiger partial charge in [-0.1, -0.05) is 35.9 Å². The number of nitrogens with one attached hydrogen (secondary N) is 1. The van der Waals surface area contributed by atoms with Crippen LogP contribution in [0.1, 0.15) is 5.69 Å². The lowest BCUT2D eigenvalue weighted by Crippen LogP contribution is -2.35. The average molecular weight is 437 g/mol. The fourth-order valence-electron chi connectivity index (χ4n) is 3.97. The summed E-state index contributed by atoms with van der Waals surface area (Å²) in [5.41, 5.74) is 3.98. The number of benzene rings is 2. The van der Waals surface area contributed by atoms with Gasteiger partial charge < -0.3 is 14.8 Å². The van der Waals surface area contributed by atoms with Gasteiger partial charge in [0.15, 0.2) is 0 Å². The van der Waals surface area contributed by atoms with Crippen LogP contribution in [0.5, 0.6) is 5.75 Å². The minimum absolute atomic E-state index is 0.0904. The fraction of sp³-hybridized carbons (Fsp3) is 0.217. The Bertz CT molecular complexity index is 1290. The molecule has 0 aliphatic carbocycles. The molecule has 5 rings (SSSR count). The van der Waals surface area contributed by atoms with Gasteiger partial charge in [-0.05, 0) is 29.8 Å². The Balaban J connectivity index is 1.75. The van der Waals surface area contributed by atoms with Crippen LogP contribution in [-0.4, -0.2) is 50.9 Å². The summed E-state index contributed by atoms with van der Waals surface area (Å²) < 4.78 is 7.18. The van der Waals surface area contributed by atoms with E-state index in [1.165, 1.54) is 6.07 Å². The molecule has 1 aliphatic rings. The van der Waals surface area contributed by atoms with Gasteiger partial charge in [-0.25, -0.2) is 4.52 Å². The largest absolute Gasteiger partial charge is 0.507 e. The molecule has 0 saturated carbocycles. The SMILES string of the molecule is O=c1cc(-c2ccccc2O)n2nc(CN3CCOCC3)c(-c3ccc(Cl)cc3)c2[nH]1. The van der Waals surface area contributed by atoms with E-state index < -0.39 is 0 Å². The third-order valence-corrected chi connectivity index (χ3v) is 5.74. The Hall–Kier alpha value is -3.13. The molecule has 0 radical (unpaired) electrons. The lowest BCUT2D eigenvalue weighted by Gasteiger charge is -2.26. The van der Waals surface area contributed by atoms with Gasteiger partial charge in [0.05, 0.1) is 24.6 Å². The molecule has 1 aliphatic heterocycles. The molecule has 2 N–H and O–H groups in total. The monoisotopic (exact) mass is 436 g/mol. The summed E-state index contributed by atoms with van der Waals surface area (Å²) in [5, 5.41) is 15.9. The predicted octanol–water partition coefficient (Wildman–Crippen LogP) is 3.55. The van der Waals surface area contributed by atoms with Gasteiger partial charge in [-0.2, -0.15) is 5.10 Å². The summed E-state index contributed by atoms with van der Waals surface area (Å²) in [6.07, 6.45) is 0. The van der Waals surface area contributed by atoms with E-state index in [4.69, 9.17) is 21.4 Å². The first-order valence-corrected chi connectivity index (χ1v) is 10.5. The quantitative estimate of drug-likeness (QED) is 0.511. The fourth-order valence-corrected chi connectivity index (χ4v) is 4.10. The minimum Gasteiger partial charge on any atom is -0.507 e. The average Bonchev–Trinajstić information content (AvgIpc) is 3.12. The molecular formula is C23H21ClN4O3. The highest BCUT2D eigenvalue weighted by Crippen LogP contribution is 2.33. The van der Waals surface area contributed by atoms with Crippen molar-refractivity contribution in [2.45, 2.75) is 6.54 Å². The van der Waals surface area contributed by atoms with Crippen LogP contribution in [0.15, 0.2) is 59.4 Å². The number of morpholine rings is 1. The first-order chi connectivity index (χ1) is 15.1. The van der Waals surface area contributed by atoms with Crippen molar-refractivity contribution in [2.75, 3.05) is 26.3 Å². The molecule has 0 bridgehead atoms. The number of H-pyrrole nitrogens is 1. The predicted molar refractivity (Wildman–Crippen MR) is 119 cm³/mol. The van der Waals surface area contributed by atoms with E-state index in [-0.39, 0.29) is 11.3 Å². The Kier molecular flexibility index (Phi) is 5.23. The molecule has 2 aromatic heterocycles. The molecule has 31 heavy (non-hydrogen) atoms. The zero-order valence-corrected chi connectivity index (χ0v) is 17.5. The lowest BCUT2D eigenvalue weighted by molar-refractivity contribution is 0.0337. The van der Waals surface area contributed by atoms with Crippen molar-refractivity contribution in [1.29, 1.82) is 0 Å². The van der Waals surface area contributed by atoms with E-state index in [2.05, 4.69) is 9.88 Å². The van der Waals surface area contributed by atoms with Crippen LogP contribution >= 0.6 is 11.6 Å². The van der Waals surface area contributed by atoms with Crippen LogP contribution in [0.25, 0.3) is 28.0 Å². The van der Waals surface area contributed by atoms with Gasteiger partial charge in [-0.3, -0.25) is 9.69 Å². The molecule has 3 heterocycles. The van der Waals surface area contributed by atoms with Crippen molar-refractivity contribution >= 4 is 17.2 Å². The number of aromatic amines is 1. The van der Waals surface area contributed by atoms with Gasteiger partial charge in [0, 0.05) is 41.9 Å². The third kappa shape index (κ3) is 3.83. The van der Waals surface area contributed by atoms with E-state index in [1.54, 1.807) is 22.7 Å². The number of aromatic hydroxyl groups is 1. The number of rotatable bonds is 4. The number of ether oxygens (including phenoxy) is 1. The van der Waals surface area contributed by atoms with E-state index in [0.29, 0.717) is 41.7 Å². The van der Waals surface area contributed by atoms with Crippen LogP contribution in [0.3, 0.4) is 0 Å². The summed E-state index contributed by atoms with van der Waals surface area (Å²) in [6, 6.07) is 15.9.